The van der Waals surface area contributed by atoms with Gasteiger partial charge in [0.25, 0.3) is 0 Å². The molecule has 2 aliphatic rings. The third-order valence-electron chi connectivity index (χ3n) is 4.45. The topological polar surface area (TPSA) is 55.0 Å². The standard InChI is InChI=1S/C14H22N4/c1-14(8-15)6-7-18(9-14)13-11-4-2-3-5-12(11)16-10-17-13/h10H,2-9,15H2,1H3. The summed E-state index contributed by atoms with van der Waals surface area (Å²) < 4.78 is 0. The van der Waals surface area contributed by atoms with Crippen LogP contribution in [0.1, 0.15) is 37.4 Å². The first-order valence-corrected chi connectivity index (χ1v) is 7.00. The van der Waals surface area contributed by atoms with Crippen molar-refractivity contribution in [1.29, 1.82) is 0 Å². The third-order valence-corrected chi connectivity index (χ3v) is 4.45. The highest BCUT2D eigenvalue weighted by Crippen LogP contribution is 2.34. The van der Waals surface area contributed by atoms with E-state index in [0.29, 0.717) is 0 Å². The molecule has 18 heavy (non-hydrogen) atoms. The highest BCUT2D eigenvalue weighted by Gasteiger charge is 2.34. The Hall–Kier alpha value is -1.16. The van der Waals surface area contributed by atoms with Crippen molar-refractivity contribution in [2.75, 3.05) is 24.5 Å². The molecule has 4 nitrogen and oxygen atoms in total. The smallest absolute Gasteiger partial charge is 0.135 e. The number of hydrogen-bond acceptors (Lipinski definition) is 4. The van der Waals surface area contributed by atoms with Gasteiger partial charge in [0.15, 0.2) is 0 Å². The van der Waals surface area contributed by atoms with E-state index in [-0.39, 0.29) is 5.41 Å². The van der Waals surface area contributed by atoms with Gasteiger partial charge in [0.2, 0.25) is 0 Å². The maximum Gasteiger partial charge on any atom is 0.135 e. The monoisotopic (exact) mass is 246 g/mol. The molecule has 1 aliphatic heterocycles. The largest absolute Gasteiger partial charge is 0.356 e. The molecule has 1 saturated heterocycles. The second kappa shape index (κ2) is 4.50. The van der Waals surface area contributed by atoms with Gasteiger partial charge >= 0.3 is 0 Å². The molecule has 0 spiro atoms. The van der Waals surface area contributed by atoms with E-state index in [4.69, 9.17) is 5.73 Å². The Morgan fingerprint density at radius 2 is 2.17 bits per heavy atom. The lowest BCUT2D eigenvalue weighted by Crippen LogP contribution is -2.32. The lowest BCUT2D eigenvalue weighted by Gasteiger charge is -2.26. The van der Waals surface area contributed by atoms with Gasteiger partial charge in [-0.1, -0.05) is 6.92 Å². The minimum atomic E-state index is 0.256. The van der Waals surface area contributed by atoms with Crippen molar-refractivity contribution in [3.8, 4) is 0 Å². The van der Waals surface area contributed by atoms with Crippen LogP contribution in [0.4, 0.5) is 5.82 Å². The summed E-state index contributed by atoms with van der Waals surface area (Å²) in [6, 6.07) is 0. The molecular weight excluding hydrogens is 224 g/mol. The van der Waals surface area contributed by atoms with Gasteiger partial charge in [-0.3, -0.25) is 0 Å². The van der Waals surface area contributed by atoms with Crippen LogP contribution < -0.4 is 10.6 Å². The predicted molar refractivity (Wildman–Crippen MR) is 72.7 cm³/mol. The van der Waals surface area contributed by atoms with Gasteiger partial charge < -0.3 is 10.6 Å². The number of anilines is 1. The van der Waals surface area contributed by atoms with Crippen LogP contribution in [0.5, 0.6) is 0 Å². The Morgan fingerprint density at radius 3 is 2.94 bits per heavy atom. The molecule has 1 fully saturated rings. The first-order valence-electron chi connectivity index (χ1n) is 7.00. The Bertz CT molecular complexity index is 445. The van der Waals surface area contributed by atoms with Crippen molar-refractivity contribution in [3.63, 3.8) is 0 Å². The molecule has 1 atom stereocenters. The summed E-state index contributed by atoms with van der Waals surface area (Å²) in [5.41, 5.74) is 8.81. The third kappa shape index (κ3) is 1.99. The molecule has 2 heterocycles. The summed E-state index contributed by atoms with van der Waals surface area (Å²) in [4.78, 5) is 11.4. The van der Waals surface area contributed by atoms with Crippen LogP contribution in [-0.4, -0.2) is 29.6 Å². The summed E-state index contributed by atoms with van der Waals surface area (Å²) in [5, 5.41) is 0. The number of nitrogens with two attached hydrogens (primary N) is 1. The molecule has 0 aromatic carbocycles. The zero-order valence-corrected chi connectivity index (χ0v) is 11.2. The summed E-state index contributed by atoms with van der Waals surface area (Å²) in [7, 11) is 0. The molecule has 0 amide bonds. The van der Waals surface area contributed by atoms with Crippen LogP contribution in [0.25, 0.3) is 0 Å². The van der Waals surface area contributed by atoms with Crippen LogP contribution in [0, 0.1) is 5.41 Å². The Kier molecular flexibility index (Phi) is 2.98. The van der Waals surface area contributed by atoms with Crippen LogP contribution in [0.2, 0.25) is 0 Å². The zero-order chi connectivity index (χ0) is 12.6. The number of aryl methyl sites for hydroxylation is 1. The Morgan fingerprint density at radius 1 is 1.33 bits per heavy atom. The van der Waals surface area contributed by atoms with E-state index in [2.05, 4.69) is 21.8 Å². The van der Waals surface area contributed by atoms with Crippen LogP contribution in [-0.2, 0) is 12.8 Å². The van der Waals surface area contributed by atoms with Crippen molar-refractivity contribution >= 4 is 5.82 Å². The average molecular weight is 246 g/mol. The van der Waals surface area contributed by atoms with E-state index >= 15 is 0 Å². The molecule has 0 radical (unpaired) electrons. The maximum absolute atomic E-state index is 5.89. The van der Waals surface area contributed by atoms with Crippen molar-refractivity contribution in [2.45, 2.75) is 39.0 Å². The van der Waals surface area contributed by atoms with Crippen molar-refractivity contribution in [3.05, 3.63) is 17.6 Å². The van der Waals surface area contributed by atoms with Crippen LogP contribution >= 0.6 is 0 Å². The molecule has 1 aromatic heterocycles. The lowest BCUT2D eigenvalue weighted by atomic mass is 9.90. The maximum atomic E-state index is 5.89. The molecule has 4 heteroatoms. The van der Waals surface area contributed by atoms with Crippen molar-refractivity contribution in [1.82, 2.24) is 9.97 Å². The molecule has 1 aromatic rings. The minimum Gasteiger partial charge on any atom is -0.356 e. The molecule has 0 saturated carbocycles. The van der Waals surface area contributed by atoms with Crippen molar-refractivity contribution in [2.24, 2.45) is 11.1 Å². The fourth-order valence-corrected chi connectivity index (χ4v) is 3.15. The van der Waals surface area contributed by atoms with E-state index in [1.807, 2.05) is 0 Å². The second-order valence-corrected chi connectivity index (χ2v) is 6.02. The Labute approximate surface area is 109 Å². The average Bonchev–Trinajstić information content (AvgIpc) is 2.81. The SMILES string of the molecule is CC1(CN)CCN(c2ncnc3c2CCCC3)C1. The first-order chi connectivity index (χ1) is 8.72. The number of fused-ring (bicyclic) bond motifs is 1. The molecule has 2 N–H and O–H groups in total. The van der Waals surface area contributed by atoms with E-state index < -0.39 is 0 Å². The Balaban J connectivity index is 1.89. The molecule has 1 aliphatic carbocycles. The van der Waals surface area contributed by atoms with Crippen LogP contribution in [0.15, 0.2) is 6.33 Å². The molecule has 1 unspecified atom stereocenters. The van der Waals surface area contributed by atoms with E-state index in [1.54, 1.807) is 6.33 Å². The summed E-state index contributed by atoms with van der Waals surface area (Å²) in [6.45, 7) is 5.15. The van der Waals surface area contributed by atoms with E-state index in [9.17, 15) is 0 Å². The molecular formula is C14H22N4. The van der Waals surface area contributed by atoms with Gasteiger partial charge in [-0.05, 0) is 44.1 Å². The predicted octanol–water partition coefficient (Wildman–Crippen LogP) is 1.53. The molecule has 3 rings (SSSR count). The number of nitrogens with zero attached hydrogens (tertiary/aromatic N) is 3. The normalized spacial score (nSPS) is 27.3. The first kappa shape index (κ1) is 11.9. The highest BCUT2D eigenvalue weighted by molar-refractivity contribution is 5.50. The quantitative estimate of drug-likeness (QED) is 0.860. The number of rotatable bonds is 2. The lowest BCUT2D eigenvalue weighted by molar-refractivity contribution is 0.383. The van der Waals surface area contributed by atoms with Gasteiger partial charge in [0.1, 0.15) is 12.1 Å². The number of hydrogen-bond donors (Lipinski definition) is 1. The number of aromatic nitrogens is 2. The van der Waals surface area contributed by atoms with Gasteiger partial charge in [0.05, 0.1) is 0 Å². The summed E-state index contributed by atoms with van der Waals surface area (Å²) in [5.74, 6) is 1.18. The van der Waals surface area contributed by atoms with Crippen molar-refractivity contribution < 1.29 is 0 Å². The van der Waals surface area contributed by atoms with E-state index in [0.717, 1.165) is 32.5 Å². The van der Waals surface area contributed by atoms with E-state index in [1.165, 1.54) is 36.3 Å². The fourth-order valence-electron chi connectivity index (χ4n) is 3.15. The zero-order valence-electron chi connectivity index (χ0n) is 11.2. The fraction of sp³-hybridized carbons (Fsp3) is 0.714. The van der Waals surface area contributed by atoms with Gasteiger partial charge in [-0.25, -0.2) is 9.97 Å². The summed E-state index contributed by atoms with van der Waals surface area (Å²) in [6.07, 6.45) is 7.70. The minimum absolute atomic E-state index is 0.256. The van der Waals surface area contributed by atoms with Gasteiger partial charge in [-0.2, -0.15) is 0 Å². The second-order valence-electron chi connectivity index (χ2n) is 6.02. The summed E-state index contributed by atoms with van der Waals surface area (Å²) >= 11 is 0. The molecule has 98 valence electrons. The molecule has 0 bridgehead atoms. The van der Waals surface area contributed by atoms with Gasteiger partial charge in [0, 0.05) is 24.3 Å². The highest BCUT2D eigenvalue weighted by atomic mass is 15.2. The van der Waals surface area contributed by atoms with Gasteiger partial charge in [-0.15, -0.1) is 0 Å². The van der Waals surface area contributed by atoms with Crippen LogP contribution in [0.3, 0.4) is 0 Å².